The average molecular weight is 199 g/mol. The smallest absolute Gasteiger partial charge is 0.127 e. The zero-order valence-electron chi connectivity index (χ0n) is 7.88. The first-order valence-corrected chi connectivity index (χ1v) is 5.45. The fraction of sp³-hybridized carbons (Fsp3) is 0.400. The third kappa shape index (κ3) is 2.23. The maximum absolute atomic E-state index is 13.4. The summed E-state index contributed by atoms with van der Waals surface area (Å²) in [6, 6.07) is 5.14. The molecule has 0 bridgehead atoms. The first-order chi connectivity index (χ1) is 6.20. The molecule has 0 aliphatic carbocycles. The zero-order chi connectivity index (χ0) is 9.84. The maximum atomic E-state index is 13.4. The van der Waals surface area contributed by atoms with E-state index in [0.717, 1.165) is 10.5 Å². The highest BCUT2D eigenvalue weighted by Gasteiger charge is 2.13. The van der Waals surface area contributed by atoms with Gasteiger partial charge in [0.15, 0.2) is 0 Å². The molecular weight excluding hydrogens is 185 g/mol. The predicted octanol–water partition coefficient (Wildman–Crippen LogP) is 2.61. The standard InChI is InChI=1S/C10H14FNS/c1-7(6-12)10-8(11)4-3-5-9(10)13-2/h3-5,7H,6,12H2,1-2H3. The van der Waals surface area contributed by atoms with Crippen LogP contribution in [0, 0.1) is 5.82 Å². The summed E-state index contributed by atoms with van der Waals surface area (Å²) in [5.74, 6) is -0.0616. The lowest BCUT2D eigenvalue weighted by Crippen LogP contribution is -2.11. The van der Waals surface area contributed by atoms with Crippen LogP contribution in [0.1, 0.15) is 18.4 Å². The summed E-state index contributed by atoms with van der Waals surface area (Å²) in [5.41, 5.74) is 6.27. The van der Waals surface area contributed by atoms with Gasteiger partial charge in [-0.25, -0.2) is 4.39 Å². The van der Waals surface area contributed by atoms with Gasteiger partial charge in [-0.3, -0.25) is 0 Å². The average Bonchev–Trinajstić information content (AvgIpc) is 2.16. The number of hydrogen-bond donors (Lipinski definition) is 1. The first-order valence-electron chi connectivity index (χ1n) is 4.23. The Hall–Kier alpha value is -0.540. The van der Waals surface area contributed by atoms with Crippen LogP contribution in [-0.4, -0.2) is 12.8 Å². The van der Waals surface area contributed by atoms with E-state index in [1.807, 2.05) is 19.2 Å². The number of thioether (sulfide) groups is 1. The molecule has 1 nitrogen and oxygen atoms in total. The van der Waals surface area contributed by atoms with Gasteiger partial charge in [-0.15, -0.1) is 11.8 Å². The molecule has 0 radical (unpaired) electrons. The van der Waals surface area contributed by atoms with Crippen LogP contribution < -0.4 is 5.73 Å². The van der Waals surface area contributed by atoms with Gasteiger partial charge in [-0.1, -0.05) is 13.0 Å². The minimum Gasteiger partial charge on any atom is -0.330 e. The third-order valence-electron chi connectivity index (χ3n) is 2.08. The van der Waals surface area contributed by atoms with Crippen LogP contribution in [0.3, 0.4) is 0 Å². The lowest BCUT2D eigenvalue weighted by molar-refractivity contribution is 0.582. The first kappa shape index (κ1) is 10.5. The molecule has 0 amide bonds. The minimum absolute atomic E-state index is 0.0867. The number of nitrogens with two attached hydrogens (primary N) is 1. The van der Waals surface area contributed by atoms with Crippen molar-refractivity contribution < 1.29 is 4.39 Å². The summed E-state index contributed by atoms with van der Waals surface area (Å²) >= 11 is 1.56. The van der Waals surface area contributed by atoms with Gasteiger partial charge >= 0.3 is 0 Å². The summed E-state index contributed by atoms with van der Waals surface area (Å²) in [4.78, 5) is 0.984. The highest BCUT2D eigenvalue weighted by Crippen LogP contribution is 2.28. The van der Waals surface area contributed by atoms with Crippen molar-refractivity contribution in [2.24, 2.45) is 5.73 Å². The largest absolute Gasteiger partial charge is 0.330 e. The molecular formula is C10H14FNS. The van der Waals surface area contributed by atoms with Crippen LogP contribution >= 0.6 is 11.8 Å². The van der Waals surface area contributed by atoms with E-state index in [1.54, 1.807) is 17.8 Å². The lowest BCUT2D eigenvalue weighted by Gasteiger charge is -2.13. The second-order valence-corrected chi connectivity index (χ2v) is 3.84. The Balaban J connectivity index is 3.14. The zero-order valence-corrected chi connectivity index (χ0v) is 8.70. The Kier molecular flexibility index (Phi) is 3.75. The number of benzene rings is 1. The van der Waals surface area contributed by atoms with E-state index in [-0.39, 0.29) is 11.7 Å². The molecule has 1 aromatic carbocycles. The molecule has 0 aliphatic rings. The van der Waals surface area contributed by atoms with Crippen LogP contribution in [0.15, 0.2) is 23.1 Å². The Morgan fingerprint density at radius 3 is 2.77 bits per heavy atom. The molecule has 1 unspecified atom stereocenters. The summed E-state index contributed by atoms with van der Waals surface area (Å²) in [6.45, 7) is 2.42. The van der Waals surface area contributed by atoms with Crippen LogP contribution in [-0.2, 0) is 0 Å². The molecule has 0 heterocycles. The van der Waals surface area contributed by atoms with Crippen molar-refractivity contribution in [3.8, 4) is 0 Å². The van der Waals surface area contributed by atoms with E-state index >= 15 is 0 Å². The van der Waals surface area contributed by atoms with Crippen LogP contribution in [0.25, 0.3) is 0 Å². The molecule has 13 heavy (non-hydrogen) atoms. The summed E-state index contributed by atoms with van der Waals surface area (Å²) in [7, 11) is 0. The quantitative estimate of drug-likeness (QED) is 0.757. The molecule has 1 rings (SSSR count). The van der Waals surface area contributed by atoms with E-state index < -0.39 is 0 Å². The van der Waals surface area contributed by atoms with Gasteiger partial charge in [0.1, 0.15) is 5.82 Å². The van der Waals surface area contributed by atoms with Crippen molar-refractivity contribution in [3.63, 3.8) is 0 Å². The molecule has 0 aliphatic heterocycles. The van der Waals surface area contributed by atoms with Gasteiger partial charge in [-0.05, 0) is 30.9 Å². The molecule has 1 atom stereocenters. The van der Waals surface area contributed by atoms with Crippen molar-refractivity contribution in [3.05, 3.63) is 29.6 Å². The van der Waals surface area contributed by atoms with Crippen LogP contribution in [0.2, 0.25) is 0 Å². The summed E-state index contributed by atoms with van der Waals surface area (Å²) in [6.07, 6.45) is 1.95. The molecule has 3 heteroatoms. The Morgan fingerprint density at radius 2 is 2.23 bits per heavy atom. The molecule has 0 fully saturated rings. The Morgan fingerprint density at radius 1 is 1.54 bits per heavy atom. The molecule has 1 aromatic rings. The Bertz CT molecular complexity index is 288. The van der Waals surface area contributed by atoms with E-state index in [1.165, 1.54) is 6.07 Å². The van der Waals surface area contributed by atoms with Crippen molar-refractivity contribution in [1.82, 2.24) is 0 Å². The van der Waals surface area contributed by atoms with Gasteiger partial charge in [0.2, 0.25) is 0 Å². The molecule has 72 valence electrons. The number of hydrogen-bond acceptors (Lipinski definition) is 2. The van der Waals surface area contributed by atoms with E-state index in [9.17, 15) is 4.39 Å². The van der Waals surface area contributed by atoms with Gasteiger partial charge < -0.3 is 5.73 Å². The second kappa shape index (κ2) is 4.63. The van der Waals surface area contributed by atoms with Crippen LogP contribution in [0.4, 0.5) is 4.39 Å². The van der Waals surface area contributed by atoms with Crippen molar-refractivity contribution in [1.29, 1.82) is 0 Å². The molecule has 0 saturated carbocycles. The van der Waals surface area contributed by atoms with E-state index in [4.69, 9.17) is 5.73 Å². The van der Waals surface area contributed by atoms with E-state index in [2.05, 4.69) is 0 Å². The lowest BCUT2D eigenvalue weighted by atomic mass is 10.0. The summed E-state index contributed by atoms with van der Waals surface area (Å²) in [5, 5.41) is 0. The summed E-state index contributed by atoms with van der Waals surface area (Å²) < 4.78 is 13.4. The second-order valence-electron chi connectivity index (χ2n) is 2.99. The third-order valence-corrected chi connectivity index (χ3v) is 2.88. The van der Waals surface area contributed by atoms with Gasteiger partial charge in [0.25, 0.3) is 0 Å². The highest BCUT2D eigenvalue weighted by molar-refractivity contribution is 7.98. The SMILES string of the molecule is CSc1cccc(F)c1C(C)CN. The topological polar surface area (TPSA) is 26.0 Å². The van der Waals surface area contributed by atoms with Crippen molar-refractivity contribution in [2.45, 2.75) is 17.7 Å². The molecule has 0 saturated heterocycles. The fourth-order valence-electron chi connectivity index (χ4n) is 1.29. The number of rotatable bonds is 3. The highest BCUT2D eigenvalue weighted by atomic mass is 32.2. The molecule has 0 spiro atoms. The van der Waals surface area contributed by atoms with Crippen LogP contribution in [0.5, 0.6) is 0 Å². The number of halogens is 1. The van der Waals surface area contributed by atoms with Crippen molar-refractivity contribution in [2.75, 3.05) is 12.8 Å². The molecule has 0 aromatic heterocycles. The predicted molar refractivity (Wildman–Crippen MR) is 55.7 cm³/mol. The van der Waals surface area contributed by atoms with Crippen molar-refractivity contribution >= 4 is 11.8 Å². The minimum atomic E-state index is -0.148. The Labute approximate surface area is 82.5 Å². The van der Waals surface area contributed by atoms with Gasteiger partial charge in [-0.2, -0.15) is 0 Å². The normalized spacial score (nSPS) is 12.9. The maximum Gasteiger partial charge on any atom is 0.127 e. The fourth-order valence-corrected chi connectivity index (χ4v) is 2.02. The van der Waals surface area contributed by atoms with Gasteiger partial charge in [0, 0.05) is 10.5 Å². The monoisotopic (exact) mass is 199 g/mol. The van der Waals surface area contributed by atoms with Gasteiger partial charge in [0.05, 0.1) is 0 Å². The molecule has 2 N–H and O–H groups in total. The van der Waals surface area contributed by atoms with E-state index in [0.29, 0.717) is 6.54 Å².